The molecule has 0 unspecified atom stereocenters. The van der Waals surface area contributed by atoms with Crippen molar-refractivity contribution in [1.82, 2.24) is 4.98 Å². The molecule has 100 valence electrons. The molecule has 20 heavy (non-hydrogen) atoms. The van der Waals surface area contributed by atoms with E-state index in [4.69, 9.17) is 0 Å². The summed E-state index contributed by atoms with van der Waals surface area (Å²) in [6.45, 7) is 2.91. The number of anilines is 1. The van der Waals surface area contributed by atoms with Crippen LogP contribution in [-0.4, -0.2) is 4.98 Å². The van der Waals surface area contributed by atoms with Gasteiger partial charge in [0.25, 0.3) is 0 Å². The van der Waals surface area contributed by atoms with Crippen LogP contribution in [0.25, 0.3) is 10.8 Å². The Kier molecular flexibility index (Phi) is 3.70. The monoisotopic (exact) mass is 326 g/mol. The highest BCUT2D eigenvalue weighted by molar-refractivity contribution is 9.10. The minimum atomic E-state index is 0.783. The number of hydrogen-bond donors (Lipinski definition) is 1. The lowest BCUT2D eigenvalue weighted by molar-refractivity contribution is 1.10. The predicted molar refractivity (Wildman–Crippen MR) is 87.9 cm³/mol. The topological polar surface area (TPSA) is 24.9 Å². The summed E-state index contributed by atoms with van der Waals surface area (Å²) < 4.78 is 1.09. The summed E-state index contributed by atoms with van der Waals surface area (Å²) in [5.74, 6) is 0.923. The van der Waals surface area contributed by atoms with Crippen LogP contribution in [0.4, 0.5) is 5.82 Å². The molecule has 0 aliphatic heterocycles. The molecule has 0 amide bonds. The number of rotatable bonds is 3. The van der Waals surface area contributed by atoms with Crippen molar-refractivity contribution in [2.24, 2.45) is 0 Å². The van der Waals surface area contributed by atoms with Crippen LogP contribution in [0.3, 0.4) is 0 Å². The molecular weight excluding hydrogens is 312 g/mol. The quantitative estimate of drug-likeness (QED) is 0.739. The Morgan fingerprint density at radius 1 is 1.00 bits per heavy atom. The molecule has 0 bridgehead atoms. The van der Waals surface area contributed by atoms with Crippen molar-refractivity contribution in [3.63, 3.8) is 0 Å². The van der Waals surface area contributed by atoms with Crippen molar-refractivity contribution in [2.45, 2.75) is 13.5 Å². The van der Waals surface area contributed by atoms with Crippen LogP contribution < -0.4 is 5.32 Å². The normalized spacial score (nSPS) is 10.7. The number of aromatic nitrogens is 1. The number of hydrogen-bond acceptors (Lipinski definition) is 2. The van der Waals surface area contributed by atoms with Crippen molar-refractivity contribution in [3.05, 3.63) is 70.3 Å². The molecule has 1 heterocycles. The van der Waals surface area contributed by atoms with Crippen LogP contribution in [-0.2, 0) is 6.54 Å². The van der Waals surface area contributed by atoms with Gasteiger partial charge in [-0.2, -0.15) is 0 Å². The van der Waals surface area contributed by atoms with Crippen molar-refractivity contribution < 1.29 is 0 Å². The summed E-state index contributed by atoms with van der Waals surface area (Å²) in [5, 5.41) is 5.75. The Hall–Kier alpha value is -1.87. The van der Waals surface area contributed by atoms with Gasteiger partial charge in [0.15, 0.2) is 0 Å². The molecule has 3 aromatic rings. The molecule has 0 spiro atoms. The van der Waals surface area contributed by atoms with E-state index in [0.717, 1.165) is 22.2 Å². The fraction of sp³-hybridized carbons (Fsp3) is 0.118. The first-order valence-corrected chi connectivity index (χ1v) is 7.36. The molecule has 0 fully saturated rings. The molecule has 0 radical (unpaired) electrons. The zero-order chi connectivity index (χ0) is 13.9. The van der Waals surface area contributed by atoms with Gasteiger partial charge in [-0.15, -0.1) is 0 Å². The zero-order valence-electron chi connectivity index (χ0n) is 11.2. The van der Waals surface area contributed by atoms with E-state index in [-0.39, 0.29) is 0 Å². The van der Waals surface area contributed by atoms with Gasteiger partial charge in [0.2, 0.25) is 0 Å². The lowest BCUT2D eigenvalue weighted by Gasteiger charge is -2.11. The fourth-order valence-corrected chi connectivity index (χ4v) is 2.80. The summed E-state index contributed by atoms with van der Waals surface area (Å²) in [5.41, 5.74) is 2.59. The predicted octanol–water partition coefficient (Wildman–Crippen LogP) is 4.92. The number of nitrogens with one attached hydrogen (secondary N) is 1. The van der Waals surface area contributed by atoms with Gasteiger partial charge in [0, 0.05) is 28.0 Å². The third-order valence-electron chi connectivity index (χ3n) is 3.46. The fourth-order valence-electron chi connectivity index (χ4n) is 2.30. The molecule has 0 aliphatic rings. The van der Waals surface area contributed by atoms with Crippen LogP contribution in [0.5, 0.6) is 0 Å². The van der Waals surface area contributed by atoms with Crippen molar-refractivity contribution >= 4 is 32.5 Å². The first-order valence-electron chi connectivity index (χ1n) is 6.57. The second-order valence-electron chi connectivity index (χ2n) is 4.77. The second-order valence-corrected chi connectivity index (χ2v) is 5.63. The van der Waals surface area contributed by atoms with Gasteiger partial charge in [-0.3, -0.25) is 0 Å². The zero-order valence-corrected chi connectivity index (χ0v) is 12.8. The molecule has 3 heteroatoms. The SMILES string of the molecule is Cc1ccccc1CNc1nccc2c(Br)cccc12. The largest absolute Gasteiger partial charge is 0.365 e. The third-order valence-corrected chi connectivity index (χ3v) is 4.15. The van der Waals surface area contributed by atoms with Crippen LogP contribution in [0.1, 0.15) is 11.1 Å². The Balaban J connectivity index is 1.92. The van der Waals surface area contributed by atoms with E-state index < -0.39 is 0 Å². The molecule has 0 atom stereocenters. The van der Waals surface area contributed by atoms with Gasteiger partial charge in [0.05, 0.1) is 0 Å². The molecule has 3 rings (SSSR count). The van der Waals surface area contributed by atoms with E-state index in [2.05, 4.69) is 63.5 Å². The Bertz CT molecular complexity index is 753. The standard InChI is InChI=1S/C17H15BrN2/c1-12-5-2-3-6-13(12)11-20-17-15-7-4-8-16(18)14(15)9-10-19-17/h2-10H,11H2,1H3,(H,19,20). The highest BCUT2D eigenvalue weighted by Crippen LogP contribution is 2.27. The van der Waals surface area contributed by atoms with E-state index in [0.29, 0.717) is 0 Å². The Morgan fingerprint density at radius 2 is 1.85 bits per heavy atom. The average Bonchev–Trinajstić information content (AvgIpc) is 2.47. The van der Waals surface area contributed by atoms with E-state index in [1.165, 1.54) is 16.5 Å². The Morgan fingerprint density at radius 3 is 2.70 bits per heavy atom. The van der Waals surface area contributed by atoms with Gasteiger partial charge in [-0.05, 0) is 30.2 Å². The van der Waals surface area contributed by atoms with E-state index in [1.54, 1.807) is 0 Å². The number of benzene rings is 2. The highest BCUT2D eigenvalue weighted by atomic mass is 79.9. The lowest BCUT2D eigenvalue weighted by Crippen LogP contribution is -2.03. The smallest absolute Gasteiger partial charge is 0.134 e. The van der Waals surface area contributed by atoms with Crippen LogP contribution >= 0.6 is 15.9 Å². The molecule has 0 aliphatic carbocycles. The second kappa shape index (κ2) is 5.63. The van der Waals surface area contributed by atoms with Gasteiger partial charge in [-0.1, -0.05) is 52.3 Å². The molecule has 0 saturated carbocycles. The number of fused-ring (bicyclic) bond motifs is 1. The van der Waals surface area contributed by atoms with E-state index in [1.807, 2.05) is 24.4 Å². The number of pyridine rings is 1. The molecular formula is C17H15BrN2. The molecule has 1 aromatic heterocycles. The molecule has 1 N–H and O–H groups in total. The maximum absolute atomic E-state index is 4.46. The van der Waals surface area contributed by atoms with Crippen molar-refractivity contribution in [2.75, 3.05) is 5.32 Å². The third kappa shape index (κ3) is 2.54. The van der Waals surface area contributed by atoms with E-state index >= 15 is 0 Å². The van der Waals surface area contributed by atoms with Gasteiger partial charge < -0.3 is 5.32 Å². The number of aryl methyl sites for hydroxylation is 1. The van der Waals surface area contributed by atoms with Gasteiger partial charge in [0.1, 0.15) is 5.82 Å². The van der Waals surface area contributed by atoms with Gasteiger partial charge in [-0.25, -0.2) is 4.98 Å². The van der Waals surface area contributed by atoms with Crippen LogP contribution in [0.15, 0.2) is 59.2 Å². The first-order chi connectivity index (χ1) is 9.75. The molecule has 0 saturated heterocycles. The van der Waals surface area contributed by atoms with Crippen LogP contribution in [0, 0.1) is 6.92 Å². The minimum absolute atomic E-state index is 0.783. The highest BCUT2D eigenvalue weighted by Gasteiger charge is 2.05. The average molecular weight is 327 g/mol. The van der Waals surface area contributed by atoms with Crippen molar-refractivity contribution in [3.8, 4) is 0 Å². The lowest BCUT2D eigenvalue weighted by atomic mass is 10.1. The Labute approximate surface area is 127 Å². The minimum Gasteiger partial charge on any atom is -0.365 e. The molecule has 2 aromatic carbocycles. The summed E-state index contributed by atoms with van der Waals surface area (Å²) in [4.78, 5) is 4.46. The van der Waals surface area contributed by atoms with Gasteiger partial charge >= 0.3 is 0 Å². The summed E-state index contributed by atoms with van der Waals surface area (Å²) in [6, 6.07) is 16.6. The first kappa shape index (κ1) is 13.1. The summed E-state index contributed by atoms with van der Waals surface area (Å²) >= 11 is 3.58. The maximum atomic E-state index is 4.46. The van der Waals surface area contributed by atoms with E-state index in [9.17, 15) is 0 Å². The number of nitrogens with zero attached hydrogens (tertiary/aromatic N) is 1. The molecule has 2 nitrogen and oxygen atoms in total. The van der Waals surface area contributed by atoms with Crippen LogP contribution in [0.2, 0.25) is 0 Å². The number of halogens is 1. The maximum Gasteiger partial charge on any atom is 0.134 e. The summed E-state index contributed by atoms with van der Waals surface area (Å²) in [6.07, 6.45) is 1.84. The summed E-state index contributed by atoms with van der Waals surface area (Å²) in [7, 11) is 0. The van der Waals surface area contributed by atoms with Crippen molar-refractivity contribution in [1.29, 1.82) is 0 Å².